The lowest BCUT2D eigenvalue weighted by atomic mass is 10.2. The molecule has 0 atom stereocenters. The predicted molar refractivity (Wildman–Crippen MR) is 84.7 cm³/mol. The summed E-state index contributed by atoms with van der Waals surface area (Å²) in [5, 5.41) is 10.6. The smallest absolute Gasteiger partial charge is 0.278 e. The highest BCUT2D eigenvalue weighted by Crippen LogP contribution is 2.13. The summed E-state index contributed by atoms with van der Waals surface area (Å²) in [6.45, 7) is 2.32. The van der Waals surface area contributed by atoms with Crippen molar-refractivity contribution in [1.29, 1.82) is 0 Å². The Balaban J connectivity index is 1.77. The van der Waals surface area contributed by atoms with Gasteiger partial charge in [0.25, 0.3) is 5.91 Å². The van der Waals surface area contributed by atoms with Crippen LogP contribution in [0.4, 0.5) is 10.1 Å². The van der Waals surface area contributed by atoms with Gasteiger partial charge in [-0.15, -0.1) is 5.10 Å². The molecule has 1 amide bonds. The molecular formula is C17H15FN4O. The van der Waals surface area contributed by atoms with Crippen LogP contribution in [0, 0.1) is 12.7 Å². The van der Waals surface area contributed by atoms with E-state index < -0.39 is 11.7 Å². The van der Waals surface area contributed by atoms with Gasteiger partial charge in [-0.05, 0) is 30.7 Å². The van der Waals surface area contributed by atoms with Crippen molar-refractivity contribution < 1.29 is 9.18 Å². The molecule has 3 aromatic rings. The monoisotopic (exact) mass is 310 g/mol. The Morgan fingerprint density at radius 3 is 2.70 bits per heavy atom. The number of rotatable bonds is 4. The molecule has 0 unspecified atom stereocenters. The van der Waals surface area contributed by atoms with Crippen molar-refractivity contribution in [3.63, 3.8) is 0 Å². The third kappa shape index (κ3) is 3.42. The number of carbonyl (C=O) groups excluding carboxylic acids is 1. The second kappa shape index (κ2) is 6.39. The highest BCUT2D eigenvalue weighted by molar-refractivity contribution is 6.03. The molecular weight excluding hydrogens is 295 g/mol. The zero-order valence-corrected chi connectivity index (χ0v) is 12.5. The number of nitrogens with zero attached hydrogens (tertiary/aromatic N) is 3. The van der Waals surface area contributed by atoms with Gasteiger partial charge in [0.2, 0.25) is 0 Å². The first-order valence-corrected chi connectivity index (χ1v) is 7.14. The van der Waals surface area contributed by atoms with Crippen molar-refractivity contribution in [2.45, 2.75) is 13.5 Å². The average molecular weight is 310 g/mol. The third-order valence-corrected chi connectivity index (χ3v) is 3.46. The van der Waals surface area contributed by atoms with E-state index in [2.05, 4.69) is 15.6 Å². The fourth-order valence-electron chi connectivity index (χ4n) is 2.23. The molecule has 1 N–H and O–H groups in total. The van der Waals surface area contributed by atoms with E-state index in [4.69, 9.17) is 0 Å². The summed E-state index contributed by atoms with van der Waals surface area (Å²) in [6.07, 6.45) is 0. The molecule has 0 aliphatic rings. The van der Waals surface area contributed by atoms with Crippen LogP contribution in [-0.4, -0.2) is 20.9 Å². The molecule has 0 spiro atoms. The molecule has 0 bridgehead atoms. The Hall–Kier alpha value is -3.02. The van der Waals surface area contributed by atoms with E-state index in [-0.39, 0.29) is 5.69 Å². The van der Waals surface area contributed by atoms with Crippen molar-refractivity contribution in [3.05, 3.63) is 77.4 Å². The molecule has 0 radical (unpaired) electrons. The number of amides is 1. The SMILES string of the molecule is Cc1c(C(=O)Nc2cccc(F)c2)nnn1Cc1ccccc1. The molecule has 5 nitrogen and oxygen atoms in total. The molecule has 0 fully saturated rings. The molecule has 0 saturated carbocycles. The Morgan fingerprint density at radius 1 is 1.17 bits per heavy atom. The van der Waals surface area contributed by atoms with Crippen LogP contribution in [0.15, 0.2) is 54.6 Å². The summed E-state index contributed by atoms with van der Waals surface area (Å²) in [5.74, 6) is -0.820. The minimum atomic E-state index is -0.410. The van der Waals surface area contributed by atoms with Gasteiger partial charge in [0, 0.05) is 5.69 Å². The normalized spacial score (nSPS) is 10.5. The highest BCUT2D eigenvalue weighted by atomic mass is 19.1. The van der Waals surface area contributed by atoms with Crippen LogP contribution in [0.5, 0.6) is 0 Å². The second-order valence-corrected chi connectivity index (χ2v) is 5.13. The summed E-state index contributed by atoms with van der Waals surface area (Å²) in [7, 11) is 0. The molecule has 6 heteroatoms. The maximum absolute atomic E-state index is 13.2. The van der Waals surface area contributed by atoms with Crippen LogP contribution < -0.4 is 5.32 Å². The van der Waals surface area contributed by atoms with Crippen molar-refractivity contribution in [2.75, 3.05) is 5.32 Å². The van der Waals surface area contributed by atoms with Crippen LogP contribution in [-0.2, 0) is 6.54 Å². The van der Waals surface area contributed by atoms with E-state index in [9.17, 15) is 9.18 Å². The molecule has 1 aromatic heterocycles. The number of hydrogen-bond acceptors (Lipinski definition) is 3. The molecule has 0 aliphatic heterocycles. The first-order chi connectivity index (χ1) is 11.1. The number of halogens is 1. The summed E-state index contributed by atoms with van der Waals surface area (Å²) in [4.78, 5) is 12.3. The van der Waals surface area contributed by atoms with Gasteiger partial charge in [-0.2, -0.15) is 0 Å². The van der Waals surface area contributed by atoms with E-state index in [1.165, 1.54) is 18.2 Å². The molecule has 23 heavy (non-hydrogen) atoms. The third-order valence-electron chi connectivity index (χ3n) is 3.46. The van der Waals surface area contributed by atoms with Crippen LogP contribution >= 0.6 is 0 Å². The summed E-state index contributed by atoms with van der Waals surface area (Å²) < 4.78 is 14.8. The Bertz CT molecular complexity index is 830. The van der Waals surface area contributed by atoms with Gasteiger partial charge >= 0.3 is 0 Å². The molecule has 1 heterocycles. The van der Waals surface area contributed by atoms with E-state index in [0.29, 0.717) is 17.9 Å². The van der Waals surface area contributed by atoms with Crippen LogP contribution in [0.3, 0.4) is 0 Å². The van der Waals surface area contributed by atoms with Crippen molar-refractivity contribution >= 4 is 11.6 Å². The Kier molecular flexibility index (Phi) is 4.14. The van der Waals surface area contributed by atoms with Gasteiger partial charge in [-0.1, -0.05) is 41.6 Å². The summed E-state index contributed by atoms with van der Waals surface area (Å²) >= 11 is 0. The standard InChI is InChI=1S/C17H15FN4O/c1-12-16(17(23)19-15-9-5-8-14(18)10-15)20-21-22(12)11-13-6-3-2-4-7-13/h2-10H,11H2,1H3,(H,19,23). The zero-order chi connectivity index (χ0) is 16.2. The molecule has 3 rings (SSSR count). The Labute approximate surface area is 132 Å². The van der Waals surface area contributed by atoms with Gasteiger partial charge in [0.05, 0.1) is 12.2 Å². The predicted octanol–water partition coefficient (Wildman–Crippen LogP) is 3.03. The van der Waals surface area contributed by atoms with E-state index in [1.54, 1.807) is 17.7 Å². The zero-order valence-electron chi connectivity index (χ0n) is 12.5. The quantitative estimate of drug-likeness (QED) is 0.806. The number of aromatic nitrogens is 3. The molecule has 2 aromatic carbocycles. The van der Waals surface area contributed by atoms with Gasteiger partial charge in [0.15, 0.2) is 5.69 Å². The topological polar surface area (TPSA) is 59.8 Å². The van der Waals surface area contributed by atoms with Crippen molar-refractivity contribution in [1.82, 2.24) is 15.0 Å². The lowest BCUT2D eigenvalue weighted by Gasteiger charge is -2.05. The molecule has 0 aliphatic carbocycles. The number of benzene rings is 2. The number of carbonyl (C=O) groups is 1. The van der Waals surface area contributed by atoms with Crippen molar-refractivity contribution in [3.8, 4) is 0 Å². The second-order valence-electron chi connectivity index (χ2n) is 5.13. The van der Waals surface area contributed by atoms with Crippen LogP contribution in [0.1, 0.15) is 21.7 Å². The van der Waals surface area contributed by atoms with Crippen molar-refractivity contribution in [2.24, 2.45) is 0 Å². The molecule has 0 saturated heterocycles. The fourth-order valence-corrected chi connectivity index (χ4v) is 2.23. The van der Waals surface area contributed by atoms with Crippen LogP contribution in [0.25, 0.3) is 0 Å². The number of hydrogen-bond donors (Lipinski definition) is 1. The van der Waals surface area contributed by atoms with Gasteiger partial charge in [-0.3, -0.25) is 4.79 Å². The van der Waals surface area contributed by atoms with Gasteiger partial charge in [0.1, 0.15) is 5.82 Å². The van der Waals surface area contributed by atoms with Crippen LogP contribution in [0.2, 0.25) is 0 Å². The lowest BCUT2D eigenvalue weighted by Crippen LogP contribution is -2.14. The van der Waals surface area contributed by atoms with Gasteiger partial charge in [-0.25, -0.2) is 9.07 Å². The fraction of sp³-hybridized carbons (Fsp3) is 0.118. The van der Waals surface area contributed by atoms with E-state index in [0.717, 1.165) is 5.56 Å². The first-order valence-electron chi connectivity index (χ1n) is 7.14. The molecule has 116 valence electrons. The van der Waals surface area contributed by atoms with Gasteiger partial charge < -0.3 is 5.32 Å². The Morgan fingerprint density at radius 2 is 1.96 bits per heavy atom. The summed E-state index contributed by atoms with van der Waals surface area (Å²) in [6, 6.07) is 15.5. The minimum Gasteiger partial charge on any atom is -0.320 e. The largest absolute Gasteiger partial charge is 0.320 e. The average Bonchev–Trinajstić information content (AvgIpc) is 2.89. The summed E-state index contributed by atoms with van der Waals surface area (Å²) in [5.41, 5.74) is 2.33. The first kappa shape index (κ1) is 14.9. The highest BCUT2D eigenvalue weighted by Gasteiger charge is 2.16. The number of nitrogens with one attached hydrogen (secondary N) is 1. The maximum Gasteiger partial charge on any atom is 0.278 e. The minimum absolute atomic E-state index is 0.227. The number of anilines is 1. The lowest BCUT2D eigenvalue weighted by molar-refractivity contribution is 0.102. The van der Waals surface area contributed by atoms with E-state index >= 15 is 0 Å². The maximum atomic E-state index is 13.2. The van der Waals surface area contributed by atoms with E-state index in [1.807, 2.05) is 30.3 Å².